The lowest BCUT2D eigenvalue weighted by Gasteiger charge is -2.38. The number of ether oxygens (including phenoxy) is 2. The smallest absolute Gasteiger partial charge is 0.238 e. The molecule has 1 fully saturated rings. The molecule has 2 heterocycles. The number of fused-ring (bicyclic) bond motifs is 1. The van der Waals surface area contributed by atoms with Crippen molar-refractivity contribution in [2.45, 2.75) is 37.6 Å². The summed E-state index contributed by atoms with van der Waals surface area (Å²) in [5, 5.41) is 69.9. The Bertz CT molecular complexity index is 1220. The molecule has 11 nitrogen and oxygen atoms in total. The van der Waals surface area contributed by atoms with Gasteiger partial charge in [0.05, 0.1) is 6.10 Å². The molecular formula is C21H20O11. The summed E-state index contributed by atoms with van der Waals surface area (Å²) in [6.07, 6.45) is -7.29. The number of aliphatic hydroxyl groups is 3. The molecule has 7 N–H and O–H groups in total. The first-order valence-corrected chi connectivity index (χ1v) is 9.50. The van der Waals surface area contributed by atoms with E-state index >= 15 is 0 Å². The molecule has 0 radical (unpaired) electrons. The number of hydrogen-bond acceptors (Lipinski definition) is 11. The predicted octanol–water partition coefficient (Wildman–Crippen LogP) is 0.489. The minimum atomic E-state index is -1.73. The molecule has 0 aliphatic carbocycles. The van der Waals surface area contributed by atoms with E-state index in [0.717, 1.165) is 6.07 Å². The van der Waals surface area contributed by atoms with Gasteiger partial charge < -0.3 is 49.6 Å². The second kappa shape index (κ2) is 7.88. The summed E-state index contributed by atoms with van der Waals surface area (Å²) in [4.78, 5) is 12.8. The average Bonchev–Trinajstić information content (AvgIpc) is 2.75. The quantitative estimate of drug-likeness (QED) is 0.295. The number of aliphatic hydroxyl groups excluding tert-OH is 3. The van der Waals surface area contributed by atoms with Gasteiger partial charge in [-0.3, -0.25) is 4.79 Å². The minimum Gasteiger partial charge on any atom is -0.508 e. The molecule has 32 heavy (non-hydrogen) atoms. The topological polar surface area (TPSA) is 190 Å². The molecule has 0 bridgehead atoms. The van der Waals surface area contributed by atoms with E-state index in [9.17, 15) is 40.5 Å². The highest BCUT2D eigenvalue weighted by molar-refractivity contribution is 5.93. The van der Waals surface area contributed by atoms with Crippen molar-refractivity contribution in [3.8, 4) is 40.1 Å². The highest BCUT2D eigenvalue weighted by Gasteiger charge is 2.43. The van der Waals surface area contributed by atoms with Crippen molar-refractivity contribution in [1.82, 2.24) is 0 Å². The number of phenols is 3. The third kappa shape index (κ3) is 3.46. The third-order valence-corrected chi connectivity index (χ3v) is 5.23. The number of aromatic hydroxyl groups is 4. The third-order valence-electron chi connectivity index (χ3n) is 5.23. The van der Waals surface area contributed by atoms with Gasteiger partial charge in [-0.2, -0.15) is 0 Å². The fourth-order valence-electron chi connectivity index (χ4n) is 3.45. The molecule has 1 aliphatic heterocycles. The molecule has 0 saturated carbocycles. The molecule has 0 amide bonds. The minimum absolute atomic E-state index is 0.0750. The van der Waals surface area contributed by atoms with Crippen molar-refractivity contribution in [2.24, 2.45) is 0 Å². The molecule has 0 spiro atoms. The standard InChI is InChI=1S/C21H20O11/c1-7-13(25)15(27)17(29)21(30-7)32-19-11(24)6-10(23)12-14(26)16(28)18(31-20(12)19)8-2-4-9(22)5-3-8/h2-7,13,15,17,21-25,27-29H,1H3/t7-,13-,15+,17+,21-/m0/s1. The average molecular weight is 448 g/mol. The van der Waals surface area contributed by atoms with E-state index in [0.29, 0.717) is 0 Å². The summed E-state index contributed by atoms with van der Waals surface area (Å²) in [6.45, 7) is 1.42. The zero-order chi connectivity index (χ0) is 23.3. The first-order valence-electron chi connectivity index (χ1n) is 9.50. The Balaban J connectivity index is 1.89. The molecule has 1 aromatic heterocycles. The summed E-state index contributed by atoms with van der Waals surface area (Å²) in [5.41, 5.74) is -1.32. The normalized spacial score (nSPS) is 25.7. The van der Waals surface area contributed by atoms with Crippen LogP contribution in [0, 0.1) is 0 Å². The lowest BCUT2D eigenvalue weighted by Crippen LogP contribution is -2.58. The van der Waals surface area contributed by atoms with Crippen LogP contribution in [0.5, 0.6) is 28.7 Å². The van der Waals surface area contributed by atoms with Crippen molar-refractivity contribution in [3.63, 3.8) is 0 Å². The van der Waals surface area contributed by atoms with Crippen molar-refractivity contribution in [2.75, 3.05) is 0 Å². The van der Waals surface area contributed by atoms with Gasteiger partial charge in [-0.1, -0.05) is 0 Å². The number of benzene rings is 2. The molecule has 1 saturated heterocycles. The maximum atomic E-state index is 12.8. The highest BCUT2D eigenvalue weighted by Crippen LogP contribution is 2.43. The van der Waals surface area contributed by atoms with Crippen molar-refractivity contribution < 1.29 is 49.6 Å². The summed E-state index contributed by atoms with van der Waals surface area (Å²) >= 11 is 0. The van der Waals surface area contributed by atoms with E-state index in [1.165, 1.54) is 31.2 Å². The Morgan fingerprint density at radius 2 is 1.56 bits per heavy atom. The fraction of sp³-hybridized carbons (Fsp3) is 0.286. The van der Waals surface area contributed by atoms with E-state index in [2.05, 4.69) is 0 Å². The molecular weight excluding hydrogens is 428 g/mol. The van der Waals surface area contributed by atoms with Crippen LogP contribution < -0.4 is 10.2 Å². The Labute approximate surface area is 179 Å². The maximum Gasteiger partial charge on any atom is 0.238 e. The van der Waals surface area contributed by atoms with Gasteiger partial charge in [0, 0.05) is 11.6 Å². The summed E-state index contributed by atoms with van der Waals surface area (Å²) < 4.78 is 16.5. The fourth-order valence-corrected chi connectivity index (χ4v) is 3.45. The molecule has 3 aromatic rings. The van der Waals surface area contributed by atoms with Crippen LogP contribution in [0.25, 0.3) is 22.3 Å². The van der Waals surface area contributed by atoms with E-state index in [-0.39, 0.29) is 17.1 Å². The van der Waals surface area contributed by atoms with Gasteiger partial charge >= 0.3 is 0 Å². The van der Waals surface area contributed by atoms with Gasteiger partial charge in [0.1, 0.15) is 35.2 Å². The summed E-state index contributed by atoms with van der Waals surface area (Å²) in [7, 11) is 0. The maximum absolute atomic E-state index is 12.8. The monoisotopic (exact) mass is 448 g/mol. The Kier molecular flexibility index (Phi) is 5.34. The van der Waals surface area contributed by atoms with Crippen LogP contribution in [0.4, 0.5) is 0 Å². The van der Waals surface area contributed by atoms with E-state index in [1.54, 1.807) is 0 Å². The van der Waals surface area contributed by atoms with Crippen LogP contribution in [0.3, 0.4) is 0 Å². The second-order valence-electron chi connectivity index (χ2n) is 7.40. The Hall–Kier alpha value is -3.51. The van der Waals surface area contributed by atoms with Gasteiger partial charge in [-0.25, -0.2) is 0 Å². The molecule has 2 aromatic carbocycles. The van der Waals surface area contributed by atoms with Gasteiger partial charge in [0.25, 0.3) is 0 Å². The SMILES string of the molecule is C[C@@H]1O[C@@H](Oc2c(O)cc(O)c3c(=O)c(O)c(-c4ccc(O)cc4)oc23)[C@H](O)[C@H](O)[C@H]1O. The number of phenolic OH excluding ortho intramolecular Hbond substituents is 3. The highest BCUT2D eigenvalue weighted by atomic mass is 16.7. The van der Waals surface area contributed by atoms with Crippen molar-refractivity contribution >= 4 is 11.0 Å². The predicted molar refractivity (Wildman–Crippen MR) is 108 cm³/mol. The van der Waals surface area contributed by atoms with Crippen molar-refractivity contribution in [3.05, 3.63) is 40.6 Å². The van der Waals surface area contributed by atoms with Crippen LogP contribution in [0.1, 0.15) is 6.92 Å². The van der Waals surface area contributed by atoms with Crippen LogP contribution >= 0.6 is 0 Å². The molecule has 5 atom stereocenters. The first-order chi connectivity index (χ1) is 15.1. The Morgan fingerprint density at radius 1 is 0.906 bits per heavy atom. The van der Waals surface area contributed by atoms with E-state index in [4.69, 9.17) is 13.9 Å². The largest absolute Gasteiger partial charge is 0.508 e. The van der Waals surface area contributed by atoms with Crippen LogP contribution in [0.2, 0.25) is 0 Å². The summed E-state index contributed by atoms with van der Waals surface area (Å²) in [5.74, 6) is -3.17. The van der Waals surface area contributed by atoms with Crippen LogP contribution in [-0.2, 0) is 4.74 Å². The van der Waals surface area contributed by atoms with E-state index < -0.39 is 70.1 Å². The van der Waals surface area contributed by atoms with Gasteiger partial charge in [0.2, 0.25) is 23.2 Å². The zero-order valence-corrected chi connectivity index (χ0v) is 16.5. The lowest BCUT2D eigenvalue weighted by molar-refractivity contribution is -0.268. The molecule has 170 valence electrons. The van der Waals surface area contributed by atoms with Crippen LogP contribution in [-0.4, -0.2) is 66.5 Å². The van der Waals surface area contributed by atoms with Crippen molar-refractivity contribution in [1.29, 1.82) is 0 Å². The summed E-state index contributed by atoms with van der Waals surface area (Å²) in [6, 6.07) is 6.07. The molecule has 0 unspecified atom stereocenters. The zero-order valence-electron chi connectivity index (χ0n) is 16.5. The Morgan fingerprint density at radius 3 is 2.22 bits per heavy atom. The molecule has 1 aliphatic rings. The number of rotatable bonds is 3. The van der Waals surface area contributed by atoms with Gasteiger partial charge in [-0.05, 0) is 31.2 Å². The molecule has 11 heteroatoms. The lowest BCUT2D eigenvalue weighted by atomic mass is 10.00. The number of hydrogen-bond donors (Lipinski definition) is 7. The molecule has 4 rings (SSSR count). The van der Waals surface area contributed by atoms with Crippen LogP contribution in [0.15, 0.2) is 39.5 Å². The van der Waals surface area contributed by atoms with E-state index in [1.807, 2.05) is 0 Å². The van der Waals surface area contributed by atoms with Gasteiger partial charge in [0.15, 0.2) is 17.1 Å². The van der Waals surface area contributed by atoms with Gasteiger partial charge in [-0.15, -0.1) is 0 Å². The second-order valence-corrected chi connectivity index (χ2v) is 7.40. The first kappa shape index (κ1) is 21.7.